The van der Waals surface area contributed by atoms with Crippen LogP contribution in [0, 0.1) is 0 Å². The van der Waals surface area contributed by atoms with Gasteiger partial charge in [-0.2, -0.15) is 0 Å². The first-order valence-electron chi connectivity index (χ1n) is 6.06. The van der Waals surface area contributed by atoms with Gasteiger partial charge in [0.05, 0.1) is 0 Å². The van der Waals surface area contributed by atoms with Crippen LogP contribution in [0.5, 0.6) is 0 Å². The number of nitrogens with one attached hydrogen (secondary N) is 2. The molecule has 0 aliphatic rings. The van der Waals surface area contributed by atoms with Gasteiger partial charge in [0.25, 0.3) is 0 Å². The van der Waals surface area contributed by atoms with Crippen molar-refractivity contribution in [2.45, 2.75) is 10.6 Å². The first-order valence-corrected chi connectivity index (χ1v) is 8.80. The fourth-order valence-corrected chi connectivity index (χ4v) is 3.74. The Hall–Kier alpha value is -1.41. The van der Waals surface area contributed by atoms with Gasteiger partial charge in [-0.05, 0) is 35.7 Å². The number of carbonyl (C=O) groups excluding carboxylic acids is 1. The molecule has 0 radical (unpaired) electrons. The molecule has 0 aliphatic carbocycles. The van der Waals surface area contributed by atoms with Gasteiger partial charge in [-0.3, -0.25) is 4.79 Å². The summed E-state index contributed by atoms with van der Waals surface area (Å²) in [5.41, 5.74) is 0.616. The number of hydrogen-bond acceptors (Lipinski definition) is 4. The lowest BCUT2D eigenvalue weighted by Crippen LogP contribution is -2.27. The predicted molar refractivity (Wildman–Crippen MR) is 84.2 cm³/mol. The van der Waals surface area contributed by atoms with Crippen molar-refractivity contribution in [1.82, 2.24) is 4.72 Å². The summed E-state index contributed by atoms with van der Waals surface area (Å²) < 4.78 is 26.3. The van der Waals surface area contributed by atoms with Gasteiger partial charge in [0.15, 0.2) is 0 Å². The molecule has 1 heterocycles. The largest absolute Gasteiger partial charge is 0.326 e. The molecule has 1 aromatic heterocycles. The van der Waals surface area contributed by atoms with Crippen LogP contribution in [-0.4, -0.2) is 20.9 Å². The normalized spacial score (nSPS) is 11.3. The van der Waals surface area contributed by atoms with Crippen LogP contribution in [0.1, 0.15) is 6.42 Å². The Morgan fingerprint density at radius 1 is 1.19 bits per heavy atom. The summed E-state index contributed by atoms with van der Waals surface area (Å²) in [6.07, 6.45) is 0.0488. The van der Waals surface area contributed by atoms with E-state index in [9.17, 15) is 13.2 Å². The average molecular weight is 345 g/mol. The summed E-state index contributed by atoms with van der Waals surface area (Å²) in [7, 11) is -3.52. The lowest BCUT2D eigenvalue weighted by molar-refractivity contribution is -0.116. The molecule has 0 saturated heterocycles. The van der Waals surface area contributed by atoms with Crippen LogP contribution in [0.25, 0.3) is 0 Å². The molecular weight excluding hydrogens is 332 g/mol. The Morgan fingerprint density at radius 2 is 1.90 bits per heavy atom. The Labute approximate surface area is 132 Å². The van der Waals surface area contributed by atoms with Crippen molar-refractivity contribution in [3.8, 4) is 0 Å². The second kappa shape index (κ2) is 7.04. The molecule has 0 spiro atoms. The molecule has 21 heavy (non-hydrogen) atoms. The summed E-state index contributed by atoms with van der Waals surface area (Å²) in [4.78, 5) is 11.7. The SMILES string of the molecule is O=C(CCNS(=O)(=O)c1cccs1)Nc1ccc(Cl)cc1. The van der Waals surface area contributed by atoms with E-state index in [0.717, 1.165) is 11.3 Å². The highest BCUT2D eigenvalue weighted by molar-refractivity contribution is 7.91. The van der Waals surface area contributed by atoms with Gasteiger partial charge in [-0.1, -0.05) is 17.7 Å². The molecule has 0 bridgehead atoms. The van der Waals surface area contributed by atoms with Gasteiger partial charge < -0.3 is 5.32 Å². The molecule has 0 aliphatic heterocycles. The maximum absolute atomic E-state index is 11.8. The van der Waals surface area contributed by atoms with Crippen LogP contribution in [0.15, 0.2) is 46.0 Å². The number of sulfonamides is 1. The maximum Gasteiger partial charge on any atom is 0.250 e. The fourth-order valence-electron chi connectivity index (χ4n) is 1.54. The molecule has 0 atom stereocenters. The van der Waals surface area contributed by atoms with Crippen molar-refractivity contribution in [2.24, 2.45) is 0 Å². The number of amides is 1. The van der Waals surface area contributed by atoms with Crippen molar-refractivity contribution < 1.29 is 13.2 Å². The molecule has 0 fully saturated rings. The smallest absolute Gasteiger partial charge is 0.250 e. The number of thiophene rings is 1. The second-order valence-corrected chi connectivity index (χ2v) is 7.51. The molecule has 8 heteroatoms. The van der Waals surface area contributed by atoms with Gasteiger partial charge in [-0.15, -0.1) is 11.3 Å². The monoisotopic (exact) mass is 344 g/mol. The highest BCUT2D eigenvalue weighted by Gasteiger charge is 2.14. The minimum absolute atomic E-state index is 0.0413. The molecule has 2 rings (SSSR count). The van der Waals surface area contributed by atoms with Crippen LogP contribution in [0.4, 0.5) is 5.69 Å². The number of carbonyl (C=O) groups is 1. The van der Waals surface area contributed by atoms with Crippen molar-refractivity contribution >= 4 is 44.6 Å². The summed E-state index contributed by atoms with van der Waals surface area (Å²) in [6.45, 7) is 0.0413. The second-order valence-electron chi connectivity index (χ2n) is 4.13. The zero-order chi connectivity index (χ0) is 15.3. The Bertz CT molecular complexity index is 698. The minimum Gasteiger partial charge on any atom is -0.326 e. The summed E-state index contributed by atoms with van der Waals surface area (Å²) in [6, 6.07) is 9.85. The fraction of sp³-hybridized carbons (Fsp3) is 0.154. The number of benzene rings is 1. The van der Waals surface area contributed by atoms with Crippen LogP contribution >= 0.6 is 22.9 Å². The molecule has 2 N–H and O–H groups in total. The number of hydrogen-bond donors (Lipinski definition) is 2. The third-order valence-electron chi connectivity index (χ3n) is 2.53. The van der Waals surface area contributed by atoms with E-state index >= 15 is 0 Å². The van der Waals surface area contributed by atoms with Crippen LogP contribution in [0.2, 0.25) is 5.02 Å². The average Bonchev–Trinajstić information content (AvgIpc) is 2.96. The van der Waals surface area contributed by atoms with E-state index in [-0.39, 0.29) is 23.1 Å². The van der Waals surface area contributed by atoms with E-state index < -0.39 is 10.0 Å². The minimum atomic E-state index is -3.52. The summed E-state index contributed by atoms with van der Waals surface area (Å²) in [5, 5.41) is 4.92. The lowest BCUT2D eigenvalue weighted by Gasteiger charge is -2.06. The van der Waals surface area contributed by atoms with Crippen LogP contribution < -0.4 is 10.0 Å². The van der Waals surface area contributed by atoms with Gasteiger partial charge in [-0.25, -0.2) is 13.1 Å². The number of rotatable bonds is 6. The Kier molecular flexibility index (Phi) is 5.35. The highest BCUT2D eigenvalue weighted by atomic mass is 35.5. The highest BCUT2D eigenvalue weighted by Crippen LogP contribution is 2.15. The van der Waals surface area contributed by atoms with E-state index in [1.54, 1.807) is 35.7 Å². The quantitative estimate of drug-likeness (QED) is 0.846. The topological polar surface area (TPSA) is 75.3 Å². The molecule has 0 unspecified atom stereocenters. The van der Waals surface area contributed by atoms with E-state index in [1.165, 1.54) is 6.07 Å². The van der Waals surface area contributed by atoms with E-state index in [4.69, 9.17) is 11.6 Å². The van der Waals surface area contributed by atoms with Crippen molar-refractivity contribution in [1.29, 1.82) is 0 Å². The zero-order valence-electron chi connectivity index (χ0n) is 10.9. The molecule has 0 saturated carbocycles. The molecular formula is C13H13ClN2O3S2. The first kappa shape index (κ1) is 16.0. The molecule has 5 nitrogen and oxygen atoms in total. The molecule has 2 aromatic rings. The van der Waals surface area contributed by atoms with Crippen LogP contribution in [-0.2, 0) is 14.8 Å². The first-order chi connectivity index (χ1) is 9.97. The van der Waals surface area contributed by atoms with Gasteiger partial charge in [0.1, 0.15) is 4.21 Å². The zero-order valence-corrected chi connectivity index (χ0v) is 13.3. The van der Waals surface area contributed by atoms with Gasteiger partial charge in [0.2, 0.25) is 15.9 Å². The van der Waals surface area contributed by atoms with E-state index in [0.29, 0.717) is 10.7 Å². The van der Waals surface area contributed by atoms with Gasteiger partial charge in [0, 0.05) is 23.7 Å². The van der Waals surface area contributed by atoms with Crippen molar-refractivity contribution in [2.75, 3.05) is 11.9 Å². The van der Waals surface area contributed by atoms with Gasteiger partial charge >= 0.3 is 0 Å². The van der Waals surface area contributed by atoms with Crippen molar-refractivity contribution in [3.63, 3.8) is 0 Å². The molecule has 1 aromatic carbocycles. The third kappa shape index (κ3) is 4.82. The molecule has 112 valence electrons. The summed E-state index contributed by atoms with van der Waals surface area (Å²) >= 11 is 6.87. The summed E-state index contributed by atoms with van der Waals surface area (Å²) in [5.74, 6) is -0.272. The molecule has 1 amide bonds. The lowest BCUT2D eigenvalue weighted by atomic mass is 10.3. The number of anilines is 1. The van der Waals surface area contributed by atoms with Crippen LogP contribution in [0.3, 0.4) is 0 Å². The predicted octanol–water partition coefficient (Wildman–Crippen LogP) is 2.71. The van der Waals surface area contributed by atoms with E-state index in [1.807, 2.05) is 0 Å². The number of halogens is 1. The Balaban J connectivity index is 1.81. The third-order valence-corrected chi connectivity index (χ3v) is 5.64. The standard InChI is InChI=1S/C13H13ClN2O3S2/c14-10-3-5-11(6-4-10)16-12(17)7-8-15-21(18,19)13-2-1-9-20-13/h1-6,9,15H,7-8H2,(H,16,17). The van der Waals surface area contributed by atoms with E-state index in [2.05, 4.69) is 10.0 Å². The maximum atomic E-state index is 11.8. The Morgan fingerprint density at radius 3 is 2.52 bits per heavy atom. The van der Waals surface area contributed by atoms with Crippen molar-refractivity contribution in [3.05, 3.63) is 46.8 Å².